The second kappa shape index (κ2) is 14.1. The van der Waals surface area contributed by atoms with Crippen LogP contribution in [0.15, 0.2) is 206 Å². The maximum atomic E-state index is 5.34. The second-order valence-corrected chi connectivity index (χ2v) is 16.8. The van der Waals surface area contributed by atoms with Crippen molar-refractivity contribution in [2.24, 2.45) is 0 Å². The van der Waals surface area contributed by atoms with Crippen molar-refractivity contribution in [2.45, 2.75) is 19.3 Å². The fraction of sp³-hybridized carbons (Fsp3) is 0.0517. The first-order valence-corrected chi connectivity index (χ1v) is 21.3. The summed E-state index contributed by atoms with van der Waals surface area (Å²) in [5, 5.41) is 2.46. The average Bonchev–Trinajstić information content (AvgIpc) is 3.78. The number of benzene rings is 9. The van der Waals surface area contributed by atoms with E-state index in [4.69, 9.17) is 15.0 Å². The number of fused-ring (bicyclic) bond motifs is 6. The Bertz CT molecular complexity index is 3290. The molecule has 0 saturated heterocycles. The molecule has 0 radical (unpaired) electrons. The minimum Gasteiger partial charge on any atom is -0.310 e. The van der Waals surface area contributed by atoms with E-state index in [9.17, 15) is 0 Å². The fourth-order valence-electron chi connectivity index (χ4n) is 9.85. The minimum absolute atomic E-state index is 0.169. The molecular formula is C58H40N4. The Kier molecular flexibility index (Phi) is 8.16. The van der Waals surface area contributed by atoms with Crippen LogP contribution in [-0.2, 0) is 5.41 Å². The number of nitrogens with zero attached hydrogens (tertiary/aromatic N) is 4. The van der Waals surface area contributed by atoms with Gasteiger partial charge in [-0.25, -0.2) is 15.0 Å². The smallest absolute Gasteiger partial charge is 0.164 e. The monoisotopic (exact) mass is 792 g/mol. The summed E-state index contributed by atoms with van der Waals surface area (Å²) in [6.45, 7) is 4.70. The van der Waals surface area contributed by atoms with Crippen LogP contribution in [0.4, 0.5) is 17.1 Å². The third-order valence-electron chi connectivity index (χ3n) is 12.8. The van der Waals surface area contributed by atoms with Gasteiger partial charge in [-0.15, -0.1) is 0 Å². The second-order valence-electron chi connectivity index (χ2n) is 16.8. The largest absolute Gasteiger partial charge is 0.310 e. The first kappa shape index (κ1) is 35.9. The highest BCUT2D eigenvalue weighted by Gasteiger charge is 2.36. The lowest BCUT2D eigenvalue weighted by molar-refractivity contribution is 0.660. The molecular weight excluding hydrogens is 753 g/mol. The predicted octanol–water partition coefficient (Wildman–Crippen LogP) is 15.1. The lowest BCUT2D eigenvalue weighted by Crippen LogP contribution is -2.16. The Morgan fingerprint density at radius 1 is 0.339 bits per heavy atom. The molecule has 0 saturated carbocycles. The molecule has 0 amide bonds. The van der Waals surface area contributed by atoms with E-state index in [2.05, 4.69) is 189 Å². The molecule has 10 aromatic rings. The highest BCUT2D eigenvalue weighted by atomic mass is 15.1. The average molecular weight is 793 g/mol. The zero-order valence-electron chi connectivity index (χ0n) is 34.4. The number of hydrogen-bond acceptors (Lipinski definition) is 4. The Labute approximate surface area is 361 Å². The summed E-state index contributed by atoms with van der Waals surface area (Å²) in [6.07, 6.45) is 0. The minimum atomic E-state index is -0.169. The van der Waals surface area contributed by atoms with Gasteiger partial charge >= 0.3 is 0 Å². The van der Waals surface area contributed by atoms with E-state index in [1.165, 1.54) is 55.3 Å². The zero-order chi connectivity index (χ0) is 41.4. The molecule has 292 valence electrons. The van der Waals surface area contributed by atoms with Gasteiger partial charge in [-0.05, 0) is 97.2 Å². The fourth-order valence-corrected chi connectivity index (χ4v) is 9.85. The van der Waals surface area contributed by atoms with Gasteiger partial charge in [-0.3, -0.25) is 0 Å². The summed E-state index contributed by atoms with van der Waals surface area (Å²) >= 11 is 0. The number of rotatable bonds is 7. The molecule has 2 aliphatic rings. The van der Waals surface area contributed by atoms with Gasteiger partial charge in [0.1, 0.15) is 0 Å². The first-order chi connectivity index (χ1) is 30.5. The van der Waals surface area contributed by atoms with Crippen LogP contribution in [0.25, 0.3) is 89.4 Å². The quantitative estimate of drug-likeness (QED) is 0.161. The lowest BCUT2D eigenvalue weighted by Gasteiger charge is -2.29. The number of aromatic nitrogens is 3. The third-order valence-corrected chi connectivity index (χ3v) is 12.8. The van der Waals surface area contributed by atoms with Crippen molar-refractivity contribution in [2.75, 3.05) is 4.90 Å². The summed E-state index contributed by atoms with van der Waals surface area (Å²) in [6, 6.07) is 73.9. The highest BCUT2D eigenvalue weighted by Crippen LogP contribution is 2.55. The molecule has 0 fully saturated rings. The molecule has 0 atom stereocenters. The Morgan fingerprint density at radius 3 is 1.53 bits per heavy atom. The van der Waals surface area contributed by atoms with Crippen LogP contribution in [0, 0.1) is 0 Å². The Morgan fingerprint density at radius 2 is 0.855 bits per heavy atom. The molecule has 2 aliphatic carbocycles. The molecule has 12 rings (SSSR count). The van der Waals surface area contributed by atoms with Crippen LogP contribution in [0.1, 0.15) is 25.0 Å². The number of hydrogen-bond donors (Lipinski definition) is 0. The van der Waals surface area contributed by atoms with Gasteiger partial charge in [0.25, 0.3) is 0 Å². The molecule has 0 aliphatic heterocycles. The van der Waals surface area contributed by atoms with Gasteiger partial charge in [0.05, 0.1) is 0 Å². The SMILES string of the molecule is CC1(C)c2ccccc2-c2ccc(N(c3ccc(-c4ccccc4)cc3)c3cc(-c4nc(-c5ccccc5)nc(-c5ccccc5)n4)c4c(c3)-c3cccc5cccc-4c35)cc21. The maximum absolute atomic E-state index is 5.34. The summed E-state index contributed by atoms with van der Waals surface area (Å²) in [4.78, 5) is 18.2. The summed E-state index contributed by atoms with van der Waals surface area (Å²) < 4.78 is 0. The van der Waals surface area contributed by atoms with Crippen molar-refractivity contribution in [3.8, 4) is 78.7 Å². The van der Waals surface area contributed by atoms with Crippen molar-refractivity contribution < 1.29 is 0 Å². The summed E-state index contributed by atoms with van der Waals surface area (Å²) in [5.41, 5.74) is 18.1. The van der Waals surface area contributed by atoms with Crippen LogP contribution in [0.3, 0.4) is 0 Å². The van der Waals surface area contributed by atoms with Crippen molar-refractivity contribution in [1.29, 1.82) is 0 Å². The van der Waals surface area contributed by atoms with Crippen LogP contribution < -0.4 is 4.90 Å². The van der Waals surface area contributed by atoms with Crippen molar-refractivity contribution in [3.05, 3.63) is 217 Å². The Balaban J connectivity index is 1.13. The molecule has 0 N–H and O–H groups in total. The number of anilines is 3. The van der Waals surface area contributed by atoms with Crippen molar-refractivity contribution in [1.82, 2.24) is 15.0 Å². The summed E-state index contributed by atoms with van der Waals surface area (Å²) in [5.74, 6) is 1.90. The highest BCUT2D eigenvalue weighted by molar-refractivity contribution is 6.18. The van der Waals surface area contributed by atoms with E-state index in [0.717, 1.165) is 44.9 Å². The Hall–Kier alpha value is -7.95. The van der Waals surface area contributed by atoms with Gasteiger partial charge in [0, 0.05) is 44.7 Å². The molecule has 0 spiro atoms. The van der Waals surface area contributed by atoms with Crippen LogP contribution >= 0.6 is 0 Å². The van der Waals surface area contributed by atoms with Gasteiger partial charge < -0.3 is 4.90 Å². The van der Waals surface area contributed by atoms with E-state index >= 15 is 0 Å². The van der Waals surface area contributed by atoms with Gasteiger partial charge in [-0.2, -0.15) is 0 Å². The van der Waals surface area contributed by atoms with Gasteiger partial charge in [0.15, 0.2) is 17.5 Å². The first-order valence-electron chi connectivity index (χ1n) is 21.3. The lowest BCUT2D eigenvalue weighted by atomic mass is 9.82. The van der Waals surface area contributed by atoms with E-state index in [-0.39, 0.29) is 5.41 Å². The van der Waals surface area contributed by atoms with E-state index in [1.54, 1.807) is 0 Å². The van der Waals surface area contributed by atoms with Gasteiger partial charge in [0.2, 0.25) is 0 Å². The van der Waals surface area contributed by atoms with Crippen LogP contribution in [0.2, 0.25) is 0 Å². The maximum Gasteiger partial charge on any atom is 0.164 e. The molecule has 0 bridgehead atoms. The molecule has 1 aromatic heterocycles. The standard InChI is InChI=1S/C58H40N4/c1-58(2)51-27-13-12-24-45(51)46-33-32-43(36-52(46)58)62(42-30-28-38(29-31-42)37-16-6-3-7-17-37)44-34-49-47-25-14-22-39-23-15-26-48(53(39)47)54(49)50(35-44)57-60-55(40-18-8-4-9-19-40)59-56(61-57)41-20-10-5-11-21-41/h3-36H,1-2H3. The molecule has 0 unspecified atom stereocenters. The zero-order valence-corrected chi connectivity index (χ0v) is 34.4. The van der Waals surface area contributed by atoms with Crippen molar-refractivity contribution in [3.63, 3.8) is 0 Å². The normalized spacial score (nSPS) is 12.8. The van der Waals surface area contributed by atoms with E-state index in [0.29, 0.717) is 17.5 Å². The predicted molar refractivity (Wildman–Crippen MR) is 256 cm³/mol. The third kappa shape index (κ3) is 5.72. The molecule has 1 heterocycles. The molecule has 4 nitrogen and oxygen atoms in total. The van der Waals surface area contributed by atoms with Crippen molar-refractivity contribution >= 4 is 27.8 Å². The molecule has 62 heavy (non-hydrogen) atoms. The molecule has 4 heteroatoms. The van der Waals surface area contributed by atoms with E-state index in [1.807, 2.05) is 36.4 Å². The van der Waals surface area contributed by atoms with Crippen LogP contribution in [0.5, 0.6) is 0 Å². The summed E-state index contributed by atoms with van der Waals surface area (Å²) in [7, 11) is 0. The topological polar surface area (TPSA) is 41.9 Å². The van der Waals surface area contributed by atoms with Gasteiger partial charge in [-0.1, -0.05) is 184 Å². The van der Waals surface area contributed by atoms with Crippen LogP contribution in [-0.4, -0.2) is 15.0 Å². The van der Waals surface area contributed by atoms with E-state index < -0.39 is 0 Å². The molecule has 9 aromatic carbocycles.